The lowest BCUT2D eigenvalue weighted by molar-refractivity contribution is -0.131. The van der Waals surface area contributed by atoms with Gasteiger partial charge < -0.3 is 19.9 Å². The number of piperazine rings is 1. The van der Waals surface area contributed by atoms with E-state index in [2.05, 4.69) is 10.2 Å². The molecular weight excluding hydrogens is 521 g/mol. The predicted octanol–water partition coefficient (Wildman–Crippen LogP) is 5.75. The van der Waals surface area contributed by atoms with Crippen LogP contribution in [0.2, 0.25) is 0 Å². The van der Waals surface area contributed by atoms with Gasteiger partial charge in [-0.3, -0.25) is 14.4 Å². The van der Waals surface area contributed by atoms with Gasteiger partial charge in [-0.25, -0.2) is 4.39 Å². The Labute approximate surface area is 238 Å². The van der Waals surface area contributed by atoms with Gasteiger partial charge in [0, 0.05) is 61.5 Å². The van der Waals surface area contributed by atoms with Crippen molar-refractivity contribution in [3.63, 3.8) is 0 Å². The maximum absolute atomic E-state index is 12.9. The summed E-state index contributed by atoms with van der Waals surface area (Å²) in [7, 11) is 0. The molecule has 7 nitrogen and oxygen atoms in total. The molecule has 0 saturated carbocycles. The maximum atomic E-state index is 12.9. The second-order valence-electron chi connectivity index (χ2n) is 9.88. The van der Waals surface area contributed by atoms with Gasteiger partial charge in [-0.05, 0) is 65.4 Å². The fourth-order valence-electron chi connectivity index (χ4n) is 5.01. The van der Waals surface area contributed by atoms with Crippen LogP contribution in [0.15, 0.2) is 91.0 Å². The van der Waals surface area contributed by atoms with E-state index >= 15 is 0 Å². The molecule has 4 aromatic rings. The largest absolute Gasteiger partial charge is 0.491 e. The Morgan fingerprint density at radius 3 is 2.22 bits per heavy atom. The van der Waals surface area contributed by atoms with Gasteiger partial charge in [0.25, 0.3) is 5.91 Å². The van der Waals surface area contributed by atoms with Gasteiger partial charge in [0.05, 0.1) is 0 Å². The number of ketones is 1. The van der Waals surface area contributed by atoms with Gasteiger partial charge in [-0.1, -0.05) is 36.4 Å². The van der Waals surface area contributed by atoms with Gasteiger partial charge in [0.15, 0.2) is 5.78 Å². The zero-order valence-corrected chi connectivity index (χ0v) is 22.7. The van der Waals surface area contributed by atoms with E-state index in [1.54, 1.807) is 29.2 Å². The average Bonchev–Trinajstić information content (AvgIpc) is 3.03. The number of Topliss-reactive ketones (excluding diaryl/α,β-unsaturated/α-hetero) is 1. The lowest BCUT2D eigenvalue weighted by atomic mass is 10.0. The van der Waals surface area contributed by atoms with E-state index in [0.29, 0.717) is 48.7 Å². The van der Waals surface area contributed by atoms with Crippen molar-refractivity contribution in [2.24, 2.45) is 0 Å². The van der Waals surface area contributed by atoms with Crippen molar-refractivity contribution in [1.82, 2.24) is 4.90 Å². The van der Waals surface area contributed by atoms with Gasteiger partial charge >= 0.3 is 0 Å². The first-order valence-electron chi connectivity index (χ1n) is 13.8. The van der Waals surface area contributed by atoms with E-state index in [0.717, 1.165) is 16.5 Å². The molecule has 1 aliphatic rings. The number of alkyl halides is 1. The highest BCUT2D eigenvalue weighted by atomic mass is 19.1. The third-order valence-corrected chi connectivity index (χ3v) is 7.25. The number of nitrogens with one attached hydrogen (secondary N) is 1. The van der Waals surface area contributed by atoms with Crippen molar-refractivity contribution in [2.75, 3.05) is 49.7 Å². The van der Waals surface area contributed by atoms with E-state index in [9.17, 15) is 18.8 Å². The third-order valence-electron chi connectivity index (χ3n) is 7.25. The first kappa shape index (κ1) is 27.8. The van der Waals surface area contributed by atoms with Crippen molar-refractivity contribution in [2.45, 2.75) is 12.8 Å². The minimum atomic E-state index is -0.573. The van der Waals surface area contributed by atoms with E-state index in [4.69, 9.17) is 4.74 Å². The minimum absolute atomic E-state index is 0.0227. The maximum Gasteiger partial charge on any atom is 0.256 e. The average molecular weight is 554 g/mol. The molecule has 1 N–H and O–H groups in total. The van der Waals surface area contributed by atoms with Crippen LogP contribution in [0.25, 0.3) is 10.8 Å². The first-order chi connectivity index (χ1) is 20.0. The Morgan fingerprint density at radius 2 is 1.49 bits per heavy atom. The Morgan fingerprint density at radius 1 is 0.780 bits per heavy atom. The summed E-state index contributed by atoms with van der Waals surface area (Å²) in [5.74, 6) is 0.210. The lowest BCUT2D eigenvalue weighted by Crippen LogP contribution is -2.48. The Balaban J connectivity index is 1.08. The highest BCUT2D eigenvalue weighted by Crippen LogP contribution is 2.23. The molecule has 2 amide bonds. The summed E-state index contributed by atoms with van der Waals surface area (Å²) in [4.78, 5) is 42.2. The highest BCUT2D eigenvalue weighted by Gasteiger charge is 2.22. The summed E-state index contributed by atoms with van der Waals surface area (Å²) in [5, 5.41) is 4.92. The normalized spacial score (nSPS) is 13.2. The number of fused-ring (bicyclic) bond motifs is 1. The van der Waals surface area contributed by atoms with Crippen molar-refractivity contribution in [3.8, 4) is 5.75 Å². The number of carbonyl (C=O) groups excluding carboxylic acids is 3. The van der Waals surface area contributed by atoms with E-state index < -0.39 is 6.67 Å². The zero-order chi connectivity index (χ0) is 28.6. The SMILES string of the molecule is O=C(CCC(=O)N1CCN(c2ccc(NC(=O)c3cccc4ccccc34)cc2)CC1)c1ccc(OCCF)cc1. The fourth-order valence-corrected chi connectivity index (χ4v) is 5.01. The number of benzene rings is 4. The lowest BCUT2D eigenvalue weighted by Gasteiger charge is -2.36. The van der Waals surface area contributed by atoms with Gasteiger partial charge in [-0.2, -0.15) is 0 Å². The van der Waals surface area contributed by atoms with Crippen LogP contribution >= 0.6 is 0 Å². The number of rotatable bonds is 10. The zero-order valence-electron chi connectivity index (χ0n) is 22.7. The monoisotopic (exact) mass is 553 g/mol. The van der Waals surface area contributed by atoms with Crippen LogP contribution in [0.5, 0.6) is 5.75 Å². The quantitative estimate of drug-likeness (QED) is 0.253. The van der Waals surface area contributed by atoms with Crippen LogP contribution in [0.1, 0.15) is 33.6 Å². The topological polar surface area (TPSA) is 79.0 Å². The summed E-state index contributed by atoms with van der Waals surface area (Å²) in [5.41, 5.74) is 2.88. The third kappa shape index (κ3) is 6.90. The molecule has 0 aliphatic carbocycles. The molecule has 1 saturated heterocycles. The van der Waals surface area contributed by atoms with Gasteiger partial charge in [0.1, 0.15) is 19.0 Å². The van der Waals surface area contributed by atoms with E-state index in [1.165, 1.54) is 0 Å². The van der Waals surface area contributed by atoms with Crippen molar-refractivity contribution in [3.05, 3.63) is 102 Å². The van der Waals surface area contributed by atoms with Gasteiger partial charge in [-0.15, -0.1) is 0 Å². The van der Waals surface area contributed by atoms with E-state index in [1.807, 2.05) is 66.7 Å². The predicted molar refractivity (Wildman–Crippen MR) is 159 cm³/mol. The second kappa shape index (κ2) is 13.1. The smallest absolute Gasteiger partial charge is 0.256 e. The Bertz CT molecular complexity index is 1510. The molecule has 1 aliphatic heterocycles. The van der Waals surface area contributed by atoms with E-state index in [-0.39, 0.29) is 37.0 Å². The fraction of sp³-hybridized carbons (Fsp3) is 0.242. The molecule has 0 aromatic heterocycles. The molecule has 210 valence electrons. The molecule has 0 radical (unpaired) electrons. The molecule has 41 heavy (non-hydrogen) atoms. The van der Waals surface area contributed by atoms with Crippen LogP contribution < -0.4 is 15.0 Å². The summed E-state index contributed by atoms with van der Waals surface area (Å²) in [6, 6.07) is 27.8. The molecule has 0 atom stereocenters. The van der Waals surface area contributed by atoms with Crippen molar-refractivity contribution >= 4 is 39.7 Å². The number of hydrogen-bond acceptors (Lipinski definition) is 5. The standard InChI is InChI=1S/C33H32FN3O4/c34-18-23-41-28-14-8-25(9-15-28)31(38)16-17-32(39)37-21-19-36(20-22-37)27-12-10-26(11-13-27)35-33(40)30-7-3-5-24-4-1-2-6-29(24)30/h1-15H,16-23H2,(H,35,40). The molecule has 4 aromatic carbocycles. The van der Waals surface area contributed by atoms with Crippen molar-refractivity contribution < 1.29 is 23.5 Å². The van der Waals surface area contributed by atoms with Crippen molar-refractivity contribution in [1.29, 1.82) is 0 Å². The molecule has 0 unspecified atom stereocenters. The Kier molecular flexibility index (Phi) is 8.89. The molecule has 0 spiro atoms. The number of carbonyl (C=O) groups is 3. The highest BCUT2D eigenvalue weighted by molar-refractivity contribution is 6.13. The first-order valence-corrected chi connectivity index (χ1v) is 13.8. The number of nitrogens with zero attached hydrogens (tertiary/aromatic N) is 2. The summed E-state index contributed by atoms with van der Waals surface area (Å²) in [6.07, 6.45) is 0.291. The summed E-state index contributed by atoms with van der Waals surface area (Å²) < 4.78 is 17.4. The molecule has 0 bridgehead atoms. The molecule has 1 fully saturated rings. The Hall–Kier alpha value is -4.72. The summed E-state index contributed by atoms with van der Waals surface area (Å²) in [6.45, 7) is 1.92. The minimum Gasteiger partial charge on any atom is -0.491 e. The number of anilines is 2. The number of ether oxygens (including phenoxy) is 1. The van der Waals surface area contributed by atoms with Crippen LogP contribution in [0.3, 0.4) is 0 Å². The number of hydrogen-bond donors (Lipinski definition) is 1. The van der Waals surface area contributed by atoms with Crippen LogP contribution in [0.4, 0.5) is 15.8 Å². The van der Waals surface area contributed by atoms with Crippen LogP contribution in [-0.2, 0) is 4.79 Å². The second-order valence-corrected chi connectivity index (χ2v) is 9.88. The van der Waals surface area contributed by atoms with Gasteiger partial charge in [0.2, 0.25) is 5.91 Å². The number of halogens is 1. The summed E-state index contributed by atoms with van der Waals surface area (Å²) >= 11 is 0. The van der Waals surface area contributed by atoms with Crippen LogP contribution in [-0.4, -0.2) is 62.0 Å². The van der Waals surface area contributed by atoms with Crippen LogP contribution in [0, 0.1) is 0 Å². The molecule has 8 heteroatoms. The number of amides is 2. The molecule has 1 heterocycles. The molecular formula is C33H32FN3O4. The molecule has 5 rings (SSSR count).